The van der Waals surface area contributed by atoms with Crippen molar-refractivity contribution in [2.45, 2.75) is 37.9 Å². The number of aliphatic hydroxyl groups is 2. The number of nitrogens with one attached hydrogen (secondary N) is 1. The zero-order valence-electron chi connectivity index (χ0n) is 18.2. The average Bonchev–Trinajstić information content (AvgIpc) is 3.48. The Kier molecular flexibility index (Phi) is 6.46. The Balaban J connectivity index is 1.24. The average molecular weight is 505 g/mol. The van der Waals surface area contributed by atoms with Crippen LogP contribution in [0.3, 0.4) is 0 Å². The number of aromatic nitrogens is 5. The zero-order chi connectivity index (χ0) is 23.8. The summed E-state index contributed by atoms with van der Waals surface area (Å²) in [4.78, 5) is 15.5. The van der Waals surface area contributed by atoms with Crippen molar-refractivity contribution in [2.24, 2.45) is 0 Å². The van der Waals surface area contributed by atoms with E-state index in [0.717, 1.165) is 21.5 Å². The predicted molar refractivity (Wildman–Crippen MR) is 128 cm³/mol. The largest absolute Gasteiger partial charge is 0.494 e. The molecule has 0 saturated carbocycles. The number of rotatable bonds is 8. The van der Waals surface area contributed by atoms with E-state index in [-0.39, 0.29) is 12.4 Å². The number of H-pyrrole nitrogens is 1. The van der Waals surface area contributed by atoms with Gasteiger partial charge >= 0.3 is 0 Å². The fourth-order valence-corrected chi connectivity index (χ4v) is 5.26. The van der Waals surface area contributed by atoms with Gasteiger partial charge in [0, 0.05) is 0 Å². The lowest BCUT2D eigenvalue weighted by Gasteiger charge is -2.16. The Hall–Kier alpha value is -2.68. The highest BCUT2D eigenvalue weighted by Crippen LogP contribution is 2.32. The van der Waals surface area contributed by atoms with Crippen LogP contribution >= 0.6 is 23.6 Å². The first-order valence-electron chi connectivity index (χ1n) is 10.8. The van der Waals surface area contributed by atoms with Gasteiger partial charge < -0.3 is 35.1 Å². The summed E-state index contributed by atoms with van der Waals surface area (Å²) in [5, 5.41) is 21.1. The Bertz CT molecular complexity index is 1370. The molecule has 0 unspecified atom stereocenters. The van der Waals surface area contributed by atoms with Crippen LogP contribution in [0, 0.1) is 3.95 Å². The fraction of sp³-hybridized carbons (Fsp3) is 0.429. The molecule has 1 aromatic carbocycles. The van der Waals surface area contributed by atoms with Crippen LogP contribution in [-0.2, 0) is 15.9 Å². The third-order valence-corrected chi connectivity index (χ3v) is 6.88. The molecule has 1 aliphatic heterocycles. The molecule has 1 aliphatic rings. The number of hydrogen-bond acceptors (Lipinski definition) is 11. The first-order valence-corrected chi connectivity index (χ1v) is 12.0. The number of nitrogens with two attached hydrogens (primary N) is 1. The number of nitrogen functional groups attached to an aromatic ring is 1. The van der Waals surface area contributed by atoms with Crippen LogP contribution in [0.15, 0.2) is 24.8 Å². The Labute approximate surface area is 203 Å². The van der Waals surface area contributed by atoms with Crippen LogP contribution in [0.25, 0.3) is 21.4 Å². The van der Waals surface area contributed by atoms with E-state index in [2.05, 4.69) is 19.9 Å². The van der Waals surface area contributed by atoms with Gasteiger partial charge in [-0.1, -0.05) is 0 Å². The molecule has 4 atom stereocenters. The molecule has 5 rings (SSSR count). The number of hydrogen-bond donors (Lipinski definition) is 4. The van der Waals surface area contributed by atoms with Crippen LogP contribution in [0.1, 0.15) is 18.7 Å². The molecule has 4 heterocycles. The Morgan fingerprint density at radius 1 is 1.26 bits per heavy atom. The minimum atomic E-state index is -1.18. The summed E-state index contributed by atoms with van der Waals surface area (Å²) in [6.07, 6.45) is -0.545. The highest BCUT2D eigenvalue weighted by molar-refractivity contribution is 7.73. The molecule has 1 saturated heterocycles. The molecule has 11 nitrogen and oxygen atoms in total. The highest BCUT2D eigenvalue weighted by Gasteiger charge is 2.44. The smallest absolute Gasteiger partial charge is 0.167 e. The lowest BCUT2D eigenvalue weighted by molar-refractivity contribution is -0.0650. The van der Waals surface area contributed by atoms with Gasteiger partial charge in [-0.25, -0.2) is 15.0 Å². The number of anilines is 1. The summed E-state index contributed by atoms with van der Waals surface area (Å²) in [6.45, 7) is 3.00. The van der Waals surface area contributed by atoms with Gasteiger partial charge in [-0.05, 0) is 43.3 Å². The second-order valence-corrected chi connectivity index (χ2v) is 9.58. The van der Waals surface area contributed by atoms with Crippen molar-refractivity contribution in [3.63, 3.8) is 0 Å². The third-order valence-electron chi connectivity index (χ3n) is 5.69. The van der Waals surface area contributed by atoms with E-state index in [1.807, 2.05) is 19.1 Å². The molecule has 3 aromatic heterocycles. The van der Waals surface area contributed by atoms with Gasteiger partial charge in [-0.15, -0.1) is 11.3 Å². The van der Waals surface area contributed by atoms with E-state index in [1.165, 1.54) is 28.6 Å². The normalized spacial score (nSPS) is 22.7. The summed E-state index contributed by atoms with van der Waals surface area (Å²) in [5.74, 6) is 1.01. The molecular formula is C21H24N6O5S2. The van der Waals surface area contributed by atoms with Crippen molar-refractivity contribution in [2.75, 3.05) is 25.6 Å². The van der Waals surface area contributed by atoms with Crippen molar-refractivity contribution in [3.8, 4) is 5.75 Å². The monoisotopic (exact) mass is 504 g/mol. The van der Waals surface area contributed by atoms with E-state index in [9.17, 15) is 10.2 Å². The molecule has 0 amide bonds. The van der Waals surface area contributed by atoms with E-state index >= 15 is 0 Å². The molecule has 0 bridgehead atoms. The summed E-state index contributed by atoms with van der Waals surface area (Å²) >= 11 is 6.80. The molecule has 4 aromatic rings. The highest BCUT2D eigenvalue weighted by atomic mass is 32.1. The van der Waals surface area contributed by atoms with E-state index in [0.29, 0.717) is 34.8 Å². The Morgan fingerprint density at radius 2 is 2.12 bits per heavy atom. The van der Waals surface area contributed by atoms with Gasteiger partial charge in [0.25, 0.3) is 0 Å². The molecule has 180 valence electrons. The van der Waals surface area contributed by atoms with Crippen LogP contribution in [0.5, 0.6) is 5.75 Å². The number of imidazole rings is 1. The second-order valence-electron chi connectivity index (χ2n) is 7.86. The maximum Gasteiger partial charge on any atom is 0.167 e. The summed E-state index contributed by atoms with van der Waals surface area (Å²) in [5.41, 5.74) is 8.65. The van der Waals surface area contributed by atoms with Crippen LogP contribution in [-0.4, -0.2) is 72.8 Å². The minimum Gasteiger partial charge on any atom is -0.494 e. The van der Waals surface area contributed by atoms with Crippen LogP contribution < -0.4 is 10.5 Å². The standard InChI is InChI=1S/C21H24N6O5S2/c1-2-31-11-5-10(14-13(6-11)34-21(33)26-14)3-4-30-7-12-16(28)17(29)20(32-12)27-9-25-15-18(22)23-8-24-19(15)27/h5-6,8-9,12,16-17,20,28-29H,2-4,7H2,1H3,(H,26,33)(H2,22,23,24)/t12-,16-,17-,20-/m1/s1. The summed E-state index contributed by atoms with van der Waals surface area (Å²) < 4.78 is 20.7. The third kappa shape index (κ3) is 4.26. The SMILES string of the molecule is CCOc1cc(CCOC[C@H]2O[C@@H](n3cnc4c(N)ncnc43)[C@H](O)[C@@H]2O)c2[nH]c(=S)sc2c1. The van der Waals surface area contributed by atoms with Gasteiger partial charge in [-0.3, -0.25) is 4.57 Å². The van der Waals surface area contributed by atoms with Crippen molar-refractivity contribution in [3.05, 3.63) is 34.3 Å². The maximum atomic E-state index is 10.6. The van der Waals surface area contributed by atoms with E-state index < -0.39 is 24.5 Å². The number of fused-ring (bicyclic) bond motifs is 2. The maximum absolute atomic E-state index is 10.6. The van der Waals surface area contributed by atoms with Gasteiger partial charge in [0.15, 0.2) is 21.6 Å². The Morgan fingerprint density at radius 3 is 2.94 bits per heavy atom. The number of thiazole rings is 1. The van der Waals surface area contributed by atoms with E-state index in [1.54, 1.807) is 0 Å². The van der Waals surface area contributed by atoms with Crippen LogP contribution in [0.2, 0.25) is 0 Å². The topological polar surface area (TPSA) is 154 Å². The zero-order valence-corrected chi connectivity index (χ0v) is 19.9. The van der Waals surface area contributed by atoms with Crippen LogP contribution in [0.4, 0.5) is 5.82 Å². The number of benzene rings is 1. The summed E-state index contributed by atoms with van der Waals surface area (Å²) in [7, 11) is 0. The van der Waals surface area contributed by atoms with Crippen molar-refractivity contribution < 1.29 is 24.4 Å². The molecule has 1 fully saturated rings. The molecule has 13 heteroatoms. The number of aliphatic hydroxyl groups excluding tert-OH is 2. The second kappa shape index (κ2) is 9.52. The van der Waals surface area contributed by atoms with Crippen molar-refractivity contribution >= 4 is 50.8 Å². The first kappa shape index (κ1) is 23.1. The molecule has 0 radical (unpaired) electrons. The van der Waals surface area contributed by atoms with E-state index in [4.69, 9.17) is 32.2 Å². The minimum absolute atomic E-state index is 0.104. The van der Waals surface area contributed by atoms with Gasteiger partial charge in [0.1, 0.15) is 35.9 Å². The van der Waals surface area contributed by atoms with Gasteiger partial charge in [-0.2, -0.15) is 0 Å². The van der Waals surface area contributed by atoms with Gasteiger partial charge in [0.2, 0.25) is 0 Å². The quantitative estimate of drug-likeness (QED) is 0.207. The number of nitrogens with zero attached hydrogens (tertiary/aromatic N) is 4. The van der Waals surface area contributed by atoms with Gasteiger partial charge in [0.05, 0.1) is 36.4 Å². The predicted octanol–water partition coefficient (Wildman–Crippen LogP) is 1.96. The first-order chi connectivity index (χ1) is 16.5. The molecule has 0 aliphatic carbocycles. The molecule has 34 heavy (non-hydrogen) atoms. The molecular weight excluding hydrogens is 480 g/mol. The summed E-state index contributed by atoms with van der Waals surface area (Å²) in [6, 6.07) is 3.95. The van der Waals surface area contributed by atoms with Crippen molar-refractivity contribution in [1.29, 1.82) is 0 Å². The lowest BCUT2D eigenvalue weighted by Crippen LogP contribution is -2.34. The lowest BCUT2D eigenvalue weighted by atomic mass is 10.1. The molecule has 0 spiro atoms. The number of ether oxygens (including phenoxy) is 3. The number of aromatic amines is 1. The van der Waals surface area contributed by atoms with Crippen molar-refractivity contribution in [1.82, 2.24) is 24.5 Å². The fourth-order valence-electron chi connectivity index (χ4n) is 4.08. The molecule has 5 N–H and O–H groups in total.